The second-order valence-electron chi connectivity index (χ2n) is 5.49. The molecule has 0 saturated heterocycles. The maximum absolute atomic E-state index is 9.74. The third kappa shape index (κ3) is 2.94. The molecule has 25 heavy (non-hydrogen) atoms. The van der Waals surface area contributed by atoms with Crippen molar-refractivity contribution >= 4 is 23.6 Å². The first-order valence-corrected chi connectivity index (χ1v) is 8.19. The molecule has 1 aliphatic rings. The van der Waals surface area contributed by atoms with Crippen LogP contribution in [0.15, 0.2) is 45.9 Å². The summed E-state index contributed by atoms with van der Waals surface area (Å²) in [5.74, 6) is 1.25. The zero-order valence-electron chi connectivity index (χ0n) is 14.5. The van der Waals surface area contributed by atoms with Gasteiger partial charge in [-0.15, -0.1) is 5.10 Å². The van der Waals surface area contributed by atoms with Gasteiger partial charge in [0.1, 0.15) is 18.2 Å². The molecule has 3 rings (SSSR count). The Kier molecular flexibility index (Phi) is 4.70. The summed E-state index contributed by atoms with van der Waals surface area (Å²) < 4.78 is 1.62. The van der Waals surface area contributed by atoms with E-state index in [1.54, 1.807) is 4.68 Å². The maximum Gasteiger partial charge on any atom is 0.186 e. The highest BCUT2D eigenvalue weighted by atomic mass is 15.5. The van der Waals surface area contributed by atoms with E-state index in [2.05, 4.69) is 45.1 Å². The predicted molar refractivity (Wildman–Crippen MR) is 98.1 cm³/mol. The number of fused-ring (bicyclic) bond motifs is 1. The van der Waals surface area contributed by atoms with Crippen molar-refractivity contribution in [2.45, 2.75) is 20.8 Å². The van der Waals surface area contributed by atoms with Crippen LogP contribution >= 0.6 is 0 Å². The summed E-state index contributed by atoms with van der Waals surface area (Å²) in [7, 11) is 0. The van der Waals surface area contributed by atoms with Gasteiger partial charge in [0, 0.05) is 18.7 Å². The van der Waals surface area contributed by atoms with Crippen molar-refractivity contribution in [3.8, 4) is 11.8 Å². The zero-order valence-corrected chi connectivity index (χ0v) is 14.5. The molecule has 0 N–H and O–H groups in total. The van der Waals surface area contributed by atoms with E-state index >= 15 is 0 Å². The number of aliphatic imine (C=N–C) groups is 2. The Balaban J connectivity index is 2.19. The number of hydrogen-bond acceptors (Lipinski definition) is 6. The molecule has 0 saturated carbocycles. The molecule has 126 valence electrons. The summed E-state index contributed by atoms with van der Waals surface area (Å²) in [6, 6.07) is 11.8. The van der Waals surface area contributed by atoms with Gasteiger partial charge in [-0.05, 0) is 32.9 Å². The van der Waals surface area contributed by atoms with Gasteiger partial charge in [0.05, 0.1) is 11.3 Å². The van der Waals surface area contributed by atoms with Crippen molar-refractivity contribution in [2.75, 3.05) is 13.1 Å². The fourth-order valence-corrected chi connectivity index (χ4v) is 2.80. The predicted octanol–water partition coefficient (Wildman–Crippen LogP) is 2.98. The van der Waals surface area contributed by atoms with Gasteiger partial charge < -0.3 is 4.90 Å². The highest BCUT2D eigenvalue weighted by Crippen LogP contribution is 2.30. The lowest BCUT2D eigenvalue weighted by Gasteiger charge is -2.24. The fraction of sp³-hybridized carbons (Fsp3) is 0.278. The first-order valence-electron chi connectivity index (χ1n) is 8.19. The van der Waals surface area contributed by atoms with Gasteiger partial charge in [0.15, 0.2) is 11.5 Å². The Hall–Kier alpha value is -3.27. The SMILES string of the molecule is CCN(CC)C1=N/C=N\c2c(nnn2-c2ccccc2)/C(C#N)=C\1C. The fourth-order valence-electron chi connectivity index (χ4n) is 2.80. The molecule has 2 aromatic rings. The number of aromatic nitrogens is 3. The molecule has 7 heteroatoms. The number of benzene rings is 1. The van der Waals surface area contributed by atoms with Gasteiger partial charge in [0.25, 0.3) is 0 Å². The number of nitrogens with zero attached hydrogens (tertiary/aromatic N) is 7. The Morgan fingerprint density at radius 1 is 1.16 bits per heavy atom. The van der Waals surface area contributed by atoms with Crippen molar-refractivity contribution < 1.29 is 0 Å². The van der Waals surface area contributed by atoms with Crippen LogP contribution in [-0.4, -0.2) is 45.2 Å². The average Bonchev–Trinajstić information content (AvgIpc) is 3.04. The summed E-state index contributed by atoms with van der Waals surface area (Å²) in [5, 5.41) is 18.2. The standard InChI is InChI=1S/C18H19N7/c1-4-24(5-2)17-13(3)15(11-19)16-18(21-12-20-17)25(23-22-16)14-9-7-6-8-10-14/h6-10,12H,4-5H2,1-3H3/b15-13-,16-15?,17-13?,20-12?,20-17+,21-12-,21-18?. The quantitative estimate of drug-likeness (QED) is 0.864. The highest BCUT2D eigenvalue weighted by molar-refractivity contribution is 6.10. The number of allylic oxidation sites excluding steroid dienone is 1. The molecule has 1 aromatic heterocycles. The van der Waals surface area contributed by atoms with Gasteiger partial charge in [-0.25, -0.2) is 9.98 Å². The Morgan fingerprint density at radius 2 is 1.88 bits per heavy atom. The summed E-state index contributed by atoms with van der Waals surface area (Å²) in [5.41, 5.74) is 2.52. The van der Waals surface area contributed by atoms with Crippen molar-refractivity contribution in [3.05, 3.63) is 41.6 Å². The zero-order chi connectivity index (χ0) is 17.8. The van der Waals surface area contributed by atoms with E-state index in [9.17, 15) is 5.26 Å². The number of para-hydroxylation sites is 1. The molecular formula is C18H19N7. The lowest BCUT2D eigenvalue weighted by molar-refractivity contribution is 0.466. The number of hydrogen-bond donors (Lipinski definition) is 0. The van der Waals surface area contributed by atoms with Crippen LogP contribution in [0.2, 0.25) is 0 Å². The monoisotopic (exact) mass is 333 g/mol. The molecule has 0 unspecified atom stereocenters. The lowest BCUT2D eigenvalue weighted by atomic mass is 10.1. The molecule has 0 bridgehead atoms. The second-order valence-corrected chi connectivity index (χ2v) is 5.49. The van der Waals surface area contributed by atoms with Crippen LogP contribution in [0, 0.1) is 11.3 Å². The first-order chi connectivity index (χ1) is 12.2. The van der Waals surface area contributed by atoms with Gasteiger partial charge in [0.2, 0.25) is 0 Å². The normalized spacial score (nSPS) is 19.8. The summed E-state index contributed by atoms with van der Waals surface area (Å²) in [6.07, 6.45) is 1.51. The van der Waals surface area contributed by atoms with Gasteiger partial charge in [-0.1, -0.05) is 23.4 Å². The van der Waals surface area contributed by atoms with E-state index in [4.69, 9.17) is 0 Å². The molecule has 0 aliphatic carbocycles. The van der Waals surface area contributed by atoms with E-state index in [0.717, 1.165) is 30.2 Å². The lowest BCUT2D eigenvalue weighted by Crippen LogP contribution is -2.32. The molecule has 0 atom stereocenters. The molecule has 1 aliphatic heterocycles. The maximum atomic E-state index is 9.74. The number of rotatable bonds is 3. The number of amidine groups is 1. The topological polar surface area (TPSA) is 82.5 Å². The van der Waals surface area contributed by atoms with Gasteiger partial charge in [-0.2, -0.15) is 9.94 Å². The van der Waals surface area contributed by atoms with Crippen LogP contribution in [-0.2, 0) is 0 Å². The first kappa shape index (κ1) is 16.6. The molecule has 0 spiro atoms. The minimum atomic E-state index is 0.444. The van der Waals surface area contributed by atoms with Crippen LogP contribution < -0.4 is 0 Å². The van der Waals surface area contributed by atoms with E-state index in [-0.39, 0.29) is 0 Å². The van der Waals surface area contributed by atoms with Crippen molar-refractivity contribution in [1.29, 1.82) is 5.26 Å². The van der Waals surface area contributed by atoms with Crippen LogP contribution in [0.5, 0.6) is 0 Å². The average molecular weight is 333 g/mol. The van der Waals surface area contributed by atoms with E-state index < -0.39 is 0 Å². The van der Waals surface area contributed by atoms with E-state index in [1.807, 2.05) is 37.3 Å². The molecule has 7 nitrogen and oxygen atoms in total. The number of likely N-dealkylation sites (N-methyl/N-ethyl adjacent to an activating group) is 1. The molecule has 2 heterocycles. The molecule has 0 amide bonds. The highest BCUT2D eigenvalue weighted by Gasteiger charge is 2.23. The Morgan fingerprint density at radius 3 is 2.52 bits per heavy atom. The van der Waals surface area contributed by atoms with E-state index in [1.165, 1.54) is 6.34 Å². The second kappa shape index (κ2) is 7.09. The minimum Gasteiger partial charge on any atom is -0.357 e. The Bertz CT molecular complexity index is 893. The van der Waals surface area contributed by atoms with Gasteiger partial charge >= 0.3 is 0 Å². The van der Waals surface area contributed by atoms with Crippen molar-refractivity contribution in [1.82, 2.24) is 19.9 Å². The molecule has 0 radical (unpaired) electrons. The van der Waals surface area contributed by atoms with Crippen LogP contribution in [0.3, 0.4) is 0 Å². The third-order valence-electron chi connectivity index (χ3n) is 4.13. The van der Waals surface area contributed by atoms with Crippen LogP contribution in [0.1, 0.15) is 26.5 Å². The van der Waals surface area contributed by atoms with Gasteiger partial charge in [-0.3, -0.25) is 0 Å². The molecule has 0 fully saturated rings. The van der Waals surface area contributed by atoms with Crippen LogP contribution in [0.4, 0.5) is 5.82 Å². The van der Waals surface area contributed by atoms with E-state index in [0.29, 0.717) is 17.1 Å². The van der Waals surface area contributed by atoms with Crippen molar-refractivity contribution in [3.63, 3.8) is 0 Å². The van der Waals surface area contributed by atoms with Crippen LogP contribution in [0.25, 0.3) is 11.3 Å². The Labute approximate surface area is 146 Å². The molecular weight excluding hydrogens is 314 g/mol. The minimum absolute atomic E-state index is 0.444. The number of nitriles is 1. The third-order valence-corrected chi connectivity index (χ3v) is 4.13. The summed E-state index contributed by atoms with van der Waals surface area (Å²) >= 11 is 0. The largest absolute Gasteiger partial charge is 0.357 e. The summed E-state index contributed by atoms with van der Waals surface area (Å²) in [4.78, 5) is 11.0. The smallest absolute Gasteiger partial charge is 0.186 e. The van der Waals surface area contributed by atoms with Crippen molar-refractivity contribution in [2.24, 2.45) is 9.98 Å². The summed E-state index contributed by atoms with van der Waals surface area (Å²) in [6.45, 7) is 7.59. The molecule has 1 aromatic carbocycles.